The lowest BCUT2D eigenvalue weighted by Crippen LogP contribution is -2.42. The van der Waals surface area contributed by atoms with Crippen LogP contribution in [0.25, 0.3) is 0 Å². The van der Waals surface area contributed by atoms with Crippen molar-refractivity contribution in [2.24, 2.45) is 0 Å². The van der Waals surface area contributed by atoms with E-state index >= 15 is 0 Å². The van der Waals surface area contributed by atoms with Gasteiger partial charge in [0.05, 0.1) is 5.69 Å². The summed E-state index contributed by atoms with van der Waals surface area (Å²) in [6, 6.07) is 13.1. The number of hydrogen-bond donors (Lipinski definition) is 0. The summed E-state index contributed by atoms with van der Waals surface area (Å²) in [5, 5.41) is 0. The van der Waals surface area contributed by atoms with Gasteiger partial charge in [-0.1, -0.05) is 18.2 Å². The Morgan fingerprint density at radius 2 is 1.75 bits per heavy atom. The largest absolute Gasteiger partial charge is 0.332 e. The van der Waals surface area contributed by atoms with Crippen molar-refractivity contribution < 1.29 is 0 Å². The van der Waals surface area contributed by atoms with Gasteiger partial charge in [-0.3, -0.25) is 0 Å². The Morgan fingerprint density at radius 1 is 1.05 bits per heavy atom. The van der Waals surface area contributed by atoms with Gasteiger partial charge in [0.15, 0.2) is 5.82 Å². The number of nitrogens with zero attached hydrogens (tertiary/aromatic N) is 3. The maximum Gasteiger partial charge on any atom is 0.154 e. The van der Waals surface area contributed by atoms with E-state index in [0.717, 1.165) is 5.82 Å². The second-order valence-corrected chi connectivity index (χ2v) is 5.64. The number of hydrogen-bond acceptors (Lipinski definition) is 3. The van der Waals surface area contributed by atoms with Gasteiger partial charge in [-0.15, -0.1) is 0 Å². The maximum absolute atomic E-state index is 4.60. The molecule has 2 heterocycles. The molecule has 1 atom stereocenters. The van der Waals surface area contributed by atoms with Crippen LogP contribution in [0.1, 0.15) is 26.3 Å². The molecule has 0 aliphatic carbocycles. The third kappa shape index (κ3) is 1.85. The number of rotatable bonds is 2. The predicted molar refractivity (Wildman–Crippen MR) is 84.6 cm³/mol. The van der Waals surface area contributed by atoms with Crippen LogP contribution in [-0.2, 0) is 0 Å². The molecule has 1 aliphatic heterocycles. The van der Waals surface area contributed by atoms with Crippen LogP contribution in [0.5, 0.6) is 0 Å². The number of aryl methyl sites for hydroxylation is 1. The summed E-state index contributed by atoms with van der Waals surface area (Å²) in [5.41, 5.74) is 3.75. The third-order valence-electron chi connectivity index (χ3n) is 3.98. The number of anilines is 3. The minimum absolute atomic E-state index is 0.279. The van der Waals surface area contributed by atoms with Crippen molar-refractivity contribution >= 4 is 17.2 Å². The van der Waals surface area contributed by atoms with Gasteiger partial charge < -0.3 is 9.80 Å². The second-order valence-electron chi connectivity index (χ2n) is 5.64. The molecule has 20 heavy (non-hydrogen) atoms. The Labute approximate surface area is 120 Å². The van der Waals surface area contributed by atoms with Crippen molar-refractivity contribution in [2.45, 2.75) is 39.9 Å². The van der Waals surface area contributed by atoms with Crippen molar-refractivity contribution in [1.29, 1.82) is 0 Å². The van der Waals surface area contributed by atoms with E-state index in [2.05, 4.69) is 72.8 Å². The van der Waals surface area contributed by atoms with Crippen LogP contribution < -0.4 is 9.80 Å². The monoisotopic (exact) mass is 267 g/mol. The first-order chi connectivity index (χ1) is 9.61. The zero-order chi connectivity index (χ0) is 14.3. The van der Waals surface area contributed by atoms with Crippen molar-refractivity contribution in [3.8, 4) is 0 Å². The third-order valence-corrected chi connectivity index (χ3v) is 3.98. The molecule has 0 spiro atoms. The highest BCUT2D eigenvalue weighted by Gasteiger charge is 2.36. The van der Waals surface area contributed by atoms with Crippen LogP contribution in [-0.4, -0.2) is 17.2 Å². The maximum atomic E-state index is 4.60. The fraction of sp³-hybridized carbons (Fsp3) is 0.353. The van der Waals surface area contributed by atoms with Gasteiger partial charge in [-0.05, 0) is 51.5 Å². The molecule has 3 nitrogen and oxygen atoms in total. The highest BCUT2D eigenvalue weighted by atomic mass is 15.4. The zero-order valence-electron chi connectivity index (χ0n) is 12.5. The van der Waals surface area contributed by atoms with Crippen LogP contribution in [0.4, 0.5) is 17.2 Å². The van der Waals surface area contributed by atoms with Gasteiger partial charge in [0.1, 0.15) is 6.17 Å². The molecule has 0 saturated carbocycles. The summed E-state index contributed by atoms with van der Waals surface area (Å²) in [6.07, 6.45) is 2.16. The van der Waals surface area contributed by atoms with Crippen LogP contribution in [0.15, 0.2) is 42.6 Å². The normalized spacial score (nSPS) is 17.8. The van der Waals surface area contributed by atoms with Crippen LogP contribution in [0, 0.1) is 6.92 Å². The van der Waals surface area contributed by atoms with E-state index in [-0.39, 0.29) is 6.17 Å². The lowest BCUT2D eigenvalue weighted by molar-refractivity contribution is 0.601. The lowest BCUT2D eigenvalue weighted by atomic mass is 10.1. The summed E-state index contributed by atoms with van der Waals surface area (Å²) >= 11 is 0. The standard InChI is InChI=1S/C17H21N3/c1-12(2)19-14(4)20(15-9-6-5-8-13(15)3)16-10-7-11-18-17(16)19/h5-12,14H,1-4H3/t14-/m1/s1. The van der Waals surface area contributed by atoms with Crippen molar-refractivity contribution in [1.82, 2.24) is 4.98 Å². The van der Waals surface area contributed by atoms with E-state index in [1.165, 1.54) is 16.9 Å². The fourth-order valence-electron chi connectivity index (χ4n) is 3.12. The molecule has 1 aromatic heterocycles. The molecule has 1 aromatic carbocycles. The number of para-hydroxylation sites is 1. The first kappa shape index (κ1) is 13.0. The van der Waals surface area contributed by atoms with Crippen molar-refractivity contribution in [2.75, 3.05) is 9.80 Å². The molecular weight excluding hydrogens is 246 g/mol. The molecule has 0 bridgehead atoms. The zero-order valence-corrected chi connectivity index (χ0v) is 12.5. The molecule has 0 saturated heterocycles. The van der Waals surface area contributed by atoms with E-state index in [1.807, 2.05) is 12.3 Å². The van der Waals surface area contributed by atoms with Gasteiger partial charge in [-0.2, -0.15) is 0 Å². The van der Waals surface area contributed by atoms with Gasteiger partial charge in [0.2, 0.25) is 0 Å². The summed E-state index contributed by atoms with van der Waals surface area (Å²) < 4.78 is 0. The van der Waals surface area contributed by atoms with Gasteiger partial charge in [0, 0.05) is 17.9 Å². The first-order valence-electron chi connectivity index (χ1n) is 7.19. The Balaban J connectivity index is 2.16. The molecule has 2 aromatic rings. The minimum atomic E-state index is 0.279. The molecule has 3 heteroatoms. The van der Waals surface area contributed by atoms with E-state index in [0.29, 0.717) is 6.04 Å². The van der Waals surface area contributed by atoms with Gasteiger partial charge >= 0.3 is 0 Å². The molecule has 0 amide bonds. The number of pyridine rings is 1. The summed E-state index contributed by atoms with van der Waals surface area (Å²) in [5.74, 6) is 1.08. The Kier molecular flexibility index (Phi) is 3.13. The fourth-order valence-corrected chi connectivity index (χ4v) is 3.12. The summed E-state index contributed by atoms with van der Waals surface area (Å²) in [6.45, 7) is 8.84. The number of aromatic nitrogens is 1. The van der Waals surface area contributed by atoms with E-state index in [1.54, 1.807) is 0 Å². The molecular formula is C17H21N3. The Bertz CT molecular complexity index is 621. The van der Waals surface area contributed by atoms with Crippen molar-refractivity contribution in [3.05, 3.63) is 48.2 Å². The Morgan fingerprint density at radius 3 is 2.45 bits per heavy atom. The number of benzene rings is 1. The summed E-state index contributed by atoms with van der Waals surface area (Å²) in [4.78, 5) is 9.37. The molecule has 0 N–H and O–H groups in total. The van der Waals surface area contributed by atoms with Crippen molar-refractivity contribution in [3.63, 3.8) is 0 Å². The SMILES string of the molecule is Cc1ccccc1N1c2cccnc2N(C(C)C)[C@H]1C. The van der Waals surface area contributed by atoms with Crippen LogP contribution in [0.3, 0.4) is 0 Å². The minimum Gasteiger partial charge on any atom is -0.332 e. The molecule has 0 unspecified atom stereocenters. The highest BCUT2D eigenvalue weighted by molar-refractivity contribution is 5.82. The molecule has 0 radical (unpaired) electrons. The average molecular weight is 267 g/mol. The van der Waals surface area contributed by atoms with E-state index in [4.69, 9.17) is 0 Å². The molecule has 0 fully saturated rings. The number of fused-ring (bicyclic) bond motifs is 1. The van der Waals surface area contributed by atoms with E-state index in [9.17, 15) is 0 Å². The van der Waals surface area contributed by atoms with Crippen LogP contribution >= 0.6 is 0 Å². The first-order valence-corrected chi connectivity index (χ1v) is 7.19. The van der Waals surface area contributed by atoms with E-state index < -0.39 is 0 Å². The molecule has 3 rings (SSSR count). The van der Waals surface area contributed by atoms with Gasteiger partial charge in [0.25, 0.3) is 0 Å². The van der Waals surface area contributed by atoms with Crippen LogP contribution in [0.2, 0.25) is 0 Å². The second kappa shape index (κ2) is 4.82. The summed E-state index contributed by atoms with van der Waals surface area (Å²) in [7, 11) is 0. The van der Waals surface area contributed by atoms with Gasteiger partial charge in [-0.25, -0.2) is 4.98 Å². The molecule has 104 valence electrons. The quantitative estimate of drug-likeness (QED) is 0.816. The highest BCUT2D eigenvalue weighted by Crippen LogP contribution is 2.44. The average Bonchev–Trinajstić information content (AvgIpc) is 2.71. The predicted octanol–water partition coefficient (Wildman–Crippen LogP) is 4.10. The smallest absolute Gasteiger partial charge is 0.154 e. The lowest BCUT2D eigenvalue weighted by Gasteiger charge is -2.33. The molecule has 1 aliphatic rings. The Hall–Kier alpha value is -2.03. The topological polar surface area (TPSA) is 19.4 Å².